The second-order valence-electron chi connectivity index (χ2n) is 4.58. The summed E-state index contributed by atoms with van der Waals surface area (Å²) in [4.78, 5) is 11.1. The molecule has 0 unspecified atom stereocenters. The van der Waals surface area contributed by atoms with Crippen LogP contribution in [0.2, 0.25) is 0 Å². The SMILES string of the molecule is CCCNc1ncnc(N(CCC)CCC)c1C. The first-order valence-corrected chi connectivity index (χ1v) is 7.04. The van der Waals surface area contributed by atoms with Crippen LogP contribution in [0.25, 0.3) is 0 Å². The van der Waals surface area contributed by atoms with E-state index in [1.54, 1.807) is 6.33 Å². The van der Waals surface area contributed by atoms with E-state index >= 15 is 0 Å². The smallest absolute Gasteiger partial charge is 0.137 e. The van der Waals surface area contributed by atoms with E-state index in [1.807, 2.05) is 0 Å². The van der Waals surface area contributed by atoms with E-state index in [1.165, 1.54) is 0 Å². The van der Waals surface area contributed by atoms with Crippen LogP contribution in [0, 0.1) is 6.92 Å². The summed E-state index contributed by atoms with van der Waals surface area (Å²) in [5.74, 6) is 2.05. The number of hydrogen-bond donors (Lipinski definition) is 1. The average Bonchev–Trinajstić information content (AvgIpc) is 2.37. The molecule has 0 radical (unpaired) electrons. The predicted octanol–water partition coefficient (Wildman–Crippen LogP) is 3.23. The van der Waals surface area contributed by atoms with Crippen LogP contribution in [0.15, 0.2) is 6.33 Å². The normalized spacial score (nSPS) is 10.4. The standard InChI is InChI=1S/C14H26N4/c1-5-8-15-13-12(4)14(17-11-16-13)18(9-6-2)10-7-3/h11H,5-10H2,1-4H3,(H,15,16,17). The van der Waals surface area contributed by atoms with Gasteiger partial charge in [0, 0.05) is 25.2 Å². The minimum absolute atomic E-state index is 0.957. The summed E-state index contributed by atoms with van der Waals surface area (Å²) in [6.07, 6.45) is 5.05. The molecule has 0 saturated heterocycles. The summed E-state index contributed by atoms with van der Waals surface area (Å²) in [7, 11) is 0. The van der Waals surface area contributed by atoms with Crippen molar-refractivity contribution in [3.8, 4) is 0 Å². The summed E-state index contributed by atoms with van der Waals surface area (Å²) < 4.78 is 0. The minimum Gasteiger partial charge on any atom is -0.370 e. The summed E-state index contributed by atoms with van der Waals surface area (Å²) in [5.41, 5.74) is 1.16. The molecule has 0 spiro atoms. The Hall–Kier alpha value is -1.32. The maximum absolute atomic E-state index is 4.46. The van der Waals surface area contributed by atoms with E-state index in [0.717, 1.165) is 56.1 Å². The van der Waals surface area contributed by atoms with Gasteiger partial charge in [0.15, 0.2) is 0 Å². The third-order valence-electron chi connectivity index (χ3n) is 2.89. The van der Waals surface area contributed by atoms with Gasteiger partial charge >= 0.3 is 0 Å². The van der Waals surface area contributed by atoms with Crippen molar-refractivity contribution >= 4 is 11.6 Å². The topological polar surface area (TPSA) is 41.1 Å². The Bertz CT molecular complexity index is 346. The Kier molecular flexibility index (Phi) is 6.47. The van der Waals surface area contributed by atoms with Crippen LogP contribution in [-0.2, 0) is 0 Å². The summed E-state index contributed by atoms with van der Waals surface area (Å²) in [5, 5.41) is 3.36. The Labute approximate surface area is 111 Å². The van der Waals surface area contributed by atoms with Crippen molar-refractivity contribution in [3.63, 3.8) is 0 Å². The fourth-order valence-corrected chi connectivity index (χ4v) is 2.04. The van der Waals surface area contributed by atoms with Crippen molar-refractivity contribution in [3.05, 3.63) is 11.9 Å². The molecule has 4 nitrogen and oxygen atoms in total. The van der Waals surface area contributed by atoms with Gasteiger partial charge in [0.1, 0.15) is 18.0 Å². The molecule has 4 heteroatoms. The van der Waals surface area contributed by atoms with E-state index in [0.29, 0.717) is 0 Å². The lowest BCUT2D eigenvalue weighted by Gasteiger charge is -2.25. The Balaban J connectivity index is 2.91. The number of rotatable bonds is 8. The Morgan fingerprint density at radius 1 is 1.06 bits per heavy atom. The molecule has 102 valence electrons. The van der Waals surface area contributed by atoms with Crippen molar-refractivity contribution in [2.45, 2.75) is 47.0 Å². The monoisotopic (exact) mass is 250 g/mol. The van der Waals surface area contributed by atoms with Crippen LogP contribution in [0.3, 0.4) is 0 Å². The maximum Gasteiger partial charge on any atom is 0.137 e. The highest BCUT2D eigenvalue weighted by molar-refractivity contribution is 5.57. The summed E-state index contributed by atoms with van der Waals surface area (Å²) in [6, 6.07) is 0. The van der Waals surface area contributed by atoms with Gasteiger partial charge in [-0.2, -0.15) is 0 Å². The van der Waals surface area contributed by atoms with Crippen molar-refractivity contribution in [2.75, 3.05) is 29.9 Å². The molecule has 1 N–H and O–H groups in total. The van der Waals surface area contributed by atoms with Crippen LogP contribution < -0.4 is 10.2 Å². The molecular formula is C14H26N4. The minimum atomic E-state index is 0.957. The summed E-state index contributed by atoms with van der Waals surface area (Å²) in [6.45, 7) is 11.7. The first-order chi connectivity index (χ1) is 8.74. The van der Waals surface area contributed by atoms with Crippen molar-refractivity contribution in [1.82, 2.24) is 9.97 Å². The van der Waals surface area contributed by atoms with Gasteiger partial charge in [-0.05, 0) is 26.2 Å². The van der Waals surface area contributed by atoms with Gasteiger partial charge in [0.2, 0.25) is 0 Å². The van der Waals surface area contributed by atoms with Crippen LogP contribution in [0.4, 0.5) is 11.6 Å². The van der Waals surface area contributed by atoms with Gasteiger partial charge in [-0.25, -0.2) is 9.97 Å². The van der Waals surface area contributed by atoms with Crippen LogP contribution in [0.5, 0.6) is 0 Å². The summed E-state index contributed by atoms with van der Waals surface area (Å²) >= 11 is 0. The average molecular weight is 250 g/mol. The number of aromatic nitrogens is 2. The van der Waals surface area contributed by atoms with Gasteiger partial charge in [-0.15, -0.1) is 0 Å². The third-order valence-corrected chi connectivity index (χ3v) is 2.89. The van der Waals surface area contributed by atoms with Gasteiger partial charge < -0.3 is 10.2 Å². The van der Waals surface area contributed by atoms with E-state index in [-0.39, 0.29) is 0 Å². The van der Waals surface area contributed by atoms with Crippen molar-refractivity contribution in [2.24, 2.45) is 0 Å². The molecule has 1 heterocycles. The number of nitrogens with one attached hydrogen (secondary N) is 1. The largest absolute Gasteiger partial charge is 0.370 e. The molecule has 0 aliphatic heterocycles. The zero-order valence-electron chi connectivity index (χ0n) is 12.2. The maximum atomic E-state index is 4.46. The molecule has 0 atom stereocenters. The highest BCUT2D eigenvalue weighted by atomic mass is 15.2. The molecular weight excluding hydrogens is 224 g/mol. The van der Waals surface area contributed by atoms with E-state index < -0.39 is 0 Å². The predicted molar refractivity (Wildman–Crippen MR) is 78.3 cm³/mol. The van der Waals surface area contributed by atoms with Crippen LogP contribution in [-0.4, -0.2) is 29.6 Å². The number of hydrogen-bond acceptors (Lipinski definition) is 4. The fraction of sp³-hybridized carbons (Fsp3) is 0.714. The lowest BCUT2D eigenvalue weighted by molar-refractivity contribution is 0.729. The lowest BCUT2D eigenvalue weighted by atomic mass is 10.2. The van der Waals surface area contributed by atoms with E-state index in [4.69, 9.17) is 0 Å². The molecule has 18 heavy (non-hydrogen) atoms. The van der Waals surface area contributed by atoms with Gasteiger partial charge in [0.05, 0.1) is 0 Å². The highest BCUT2D eigenvalue weighted by Gasteiger charge is 2.12. The number of anilines is 2. The zero-order chi connectivity index (χ0) is 13.4. The quantitative estimate of drug-likeness (QED) is 0.769. The van der Waals surface area contributed by atoms with E-state index in [2.05, 4.69) is 47.9 Å². The van der Waals surface area contributed by atoms with Crippen molar-refractivity contribution < 1.29 is 0 Å². The second kappa shape index (κ2) is 7.90. The first kappa shape index (κ1) is 14.7. The zero-order valence-corrected chi connectivity index (χ0v) is 12.2. The molecule has 0 amide bonds. The Morgan fingerprint density at radius 3 is 2.28 bits per heavy atom. The first-order valence-electron chi connectivity index (χ1n) is 7.04. The fourth-order valence-electron chi connectivity index (χ4n) is 2.04. The Morgan fingerprint density at radius 2 is 1.72 bits per heavy atom. The highest BCUT2D eigenvalue weighted by Crippen LogP contribution is 2.22. The van der Waals surface area contributed by atoms with Crippen LogP contribution in [0.1, 0.15) is 45.6 Å². The van der Waals surface area contributed by atoms with Gasteiger partial charge in [-0.3, -0.25) is 0 Å². The molecule has 0 aliphatic carbocycles. The van der Waals surface area contributed by atoms with Gasteiger partial charge in [0.25, 0.3) is 0 Å². The molecule has 1 aromatic rings. The molecule has 0 saturated carbocycles. The molecule has 0 fully saturated rings. The lowest BCUT2D eigenvalue weighted by Crippen LogP contribution is -2.27. The van der Waals surface area contributed by atoms with Crippen molar-refractivity contribution in [1.29, 1.82) is 0 Å². The molecule has 0 aromatic carbocycles. The number of nitrogens with zero attached hydrogens (tertiary/aromatic N) is 3. The molecule has 0 bridgehead atoms. The van der Waals surface area contributed by atoms with E-state index in [9.17, 15) is 0 Å². The molecule has 0 aliphatic rings. The molecule has 1 aromatic heterocycles. The van der Waals surface area contributed by atoms with Crippen LogP contribution >= 0.6 is 0 Å². The van der Waals surface area contributed by atoms with Gasteiger partial charge in [-0.1, -0.05) is 20.8 Å². The molecule has 1 rings (SSSR count). The third kappa shape index (κ3) is 3.86. The second-order valence-corrected chi connectivity index (χ2v) is 4.58.